The van der Waals surface area contributed by atoms with E-state index in [0.29, 0.717) is 11.1 Å². The number of nitrogens with one attached hydrogen (secondary N) is 2. The molecule has 6 nitrogen and oxygen atoms in total. The van der Waals surface area contributed by atoms with Gasteiger partial charge in [0.2, 0.25) is 0 Å². The molecule has 0 aliphatic carbocycles. The number of pyridine rings is 2. The maximum absolute atomic E-state index is 6.28. The van der Waals surface area contributed by atoms with Gasteiger partial charge in [-0.05, 0) is 50.5 Å². The Labute approximate surface area is 189 Å². The second-order valence-electron chi connectivity index (χ2n) is 6.70. The maximum Gasteiger partial charge on any atom is 0.191 e. The molecule has 1 atom stereocenters. The monoisotopic (exact) mass is 514 g/mol. The van der Waals surface area contributed by atoms with Crippen molar-refractivity contribution in [1.29, 1.82) is 0 Å². The molecule has 2 aromatic heterocycles. The van der Waals surface area contributed by atoms with Crippen molar-refractivity contribution in [1.82, 2.24) is 20.6 Å². The molecule has 3 rings (SSSR count). The van der Waals surface area contributed by atoms with Crippen molar-refractivity contribution in [3.05, 3.63) is 52.9 Å². The summed E-state index contributed by atoms with van der Waals surface area (Å²) in [6.45, 7) is 7.43. The Bertz CT molecular complexity index is 768. The predicted molar refractivity (Wildman–Crippen MR) is 127 cm³/mol. The zero-order valence-corrected chi connectivity index (χ0v) is 19.4. The molecule has 1 saturated heterocycles. The van der Waals surface area contributed by atoms with Crippen LogP contribution in [-0.4, -0.2) is 48.1 Å². The van der Waals surface area contributed by atoms with Crippen LogP contribution in [0.25, 0.3) is 0 Å². The molecule has 0 amide bonds. The number of nitrogens with zero attached hydrogens (tertiary/aromatic N) is 4. The van der Waals surface area contributed by atoms with Gasteiger partial charge in [-0.2, -0.15) is 0 Å². The van der Waals surface area contributed by atoms with Gasteiger partial charge in [-0.3, -0.25) is 9.98 Å². The number of hydrogen-bond acceptors (Lipinski definition) is 4. The Morgan fingerprint density at radius 3 is 2.89 bits per heavy atom. The third kappa shape index (κ3) is 6.48. The summed E-state index contributed by atoms with van der Waals surface area (Å²) >= 11 is 6.28. The van der Waals surface area contributed by atoms with Crippen LogP contribution in [0.1, 0.15) is 24.6 Å². The van der Waals surface area contributed by atoms with E-state index in [2.05, 4.69) is 38.5 Å². The average molecular weight is 515 g/mol. The van der Waals surface area contributed by atoms with Crippen LogP contribution in [0.15, 0.2) is 41.7 Å². The summed E-state index contributed by atoms with van der Waals surface area (Å²) < 4.78 is 0. The van der Waals surface area contributed by atoms with Crippen molar-refractivity contribution in [3.63, 3.8) is 0 Å². The van der Waals surface area contributed by atoms with Crippen molar-refractivity contribution >= 4 is 47.4 Å². The van der Waals surface area contributed by atoms with Gasteiger partial charge in [-0.15, -0.1) is 24.0 Å². The van der Waals surface area contributed by atoms with Crippen molar-refractivity contribution in [2.75, 3.05) is 31.1 Å². The Morgan fingerprint density at radius 2 is 2.18 bits per heavy atom. The molecule has 0 aromatic carbocycles. The lowest BCUT2D eigenvalue weighted by Crippen LogP contribution is -2.44. The van der Waals surface area contributed by atoms with Crippen molar-refractivity contribution in [3.8, 4) is 0 Å². The lowest BCUT2D eigenvalue weighted by Gasteiger charge is -2.20. The van der Waals surface area contributed by atoms with Gasteiger partial charge >= 0.3 is 0 Å². The molecule has 2 aromatic rings. The highest BCUT2D eigenvalue weighted by atomic mass is 127. The minimum absolute atomic E-state index is 0. The molecule has 0 radical (unpaired) electrons. The number of aryl methyl sites for hydroxylation is 1. The molecular formula is C20H28ClIN6. The van der Waals surface area contributed by atoms with Gasteiger partial charge in [-0.1, -0.05) is 17.7 Å². The zero-order valence-electron chi connectivity index (χ0n) is 16.4. The van der Waals surface area contributed by atoms with Gasteiger partial charge in [-0.25, -0.2) is 4.98 Å². The van der Waals surface area contributed by atoms with Crippen LogP contribution in [0.2, 0.25) is 5.02 Å². The lowest BCUT2D eigenvalue weighted by atomic mass is 10.2. The van der Waals surface area contributed by atoms with E-state index in [1.165, 1.54) is 5.56 Å². The maximum atomic E-state index is 6.28. The Hall–Kier alpha value is -1.61. The standard InChI is InChI=1S/C20H27ClN6.HI/c1-3-22-20(24-11-8-16-7-6-15(2)25-13-16)26-17-9-12-27(14-17)19-18(21)5-4-10-23-19;/h4-7,10,13,17H,3,8-9,11-12,14H2,1-2H3,(H2,22,24,26);1H. The summed E-state index contributed by atoms with van der Waals surface area (Å²) in [6, 6.07) is 8.22. The van der Waals surface area contributed by atoms with E-state index in [-0.39, 0.29) is 24.0 Å². The molecule has 0 spiro atoms. The van der Waals surface area contributed by atoms with Crippen molar-refractivity contribution < 1.29 is 0 Å². The number of guanidine groups is 1. The first-order chi connectivity index (χ1) is 13.2. The zero-order chi connectivity index (χ0) is 19.1. The van der Waals surface area contributed by atoms with Crippen LogP contribution in [-0.2, 0) is 6.42 Å². The molecule has 0 bridgehead atoms. The fourth-order valence-corrected chi connectivity index (χ4v) is 3.38. The Kier molecular flexibility index (Phi) is 9.24. The fourth-order valence-electron chi connectivity index (χ4n) is 3.14. The smallest absolute Gasteiger partial charge is 0.191 e. The second kappa shape index (κ2) is 11.4. The summed E-state index contributed by atoms with van der Waals surface area (Å²) in [6.07, 6.45) is 5.62. The number of hydrogen-bond donors (Lipinski definition) is 2. The molecule has 1 aliphatic heterocycles. The molecule has 3 heterocycles. The van der Waals surface area contributed by atoms with E-state index in [1.54, 1.807) is 6.20 Å². The number of rotatable bonds is 6. The van der Waals surface area contributed by atoms with Crippen molar-refractivity contribution in [2.24, 2.45) is 4.99 Å². The van der Waals surface area contributed by atoms with E-state index in [0.717, 1.165) is 56.5 Å². The van der Waals surface area contributed by atoms with Gasteiger partial charge in [0, 0.05) is 50.3 Å². The predicted octanol–water partition coefficient (Wildman–Crippen LogP) is 3.43. The van der Waals surface area contributed by atoms with Gasteiger partial charge in [0.15, 0.2) is 5.96 Å². The van der Waals surface area contributed by atoms with E-state index < -0.39 is 0 Å². The average Bonchev–Trinajstić information content (AvgIpc) is 3.12. The van der Waals surface area contributed by atoms with E-state index in [1.807, 2.05) is 31.3 Å². The van der Waals surface area contributed by atoms with Gasteiger partial charge < -0.3 is 15.5 Å². The Balaban J connectivity index is 0.00000280. The summed E-state index contributed by atoms with van der Waals surface area (Å²) in [4.78, 5) is 15.7. The van der Waals surface area contributed by atoms with Crippen LogP contribution >= 0.6 is 35.6 Å². The van der Waals surface area contributed by atoms with Crippen LogP contribution in [0.3, 0.4) is 0 Å². The number of anilines is 1. The number of aromatic nitrogens is 2. The summed E-state index contributed by atoms with van der Waals surface area (Å²) in [5.74, 6) is 1.72. The molecule has 0 saturated carbocycles. The van der Waals surface area contributed by atoms with Crippen LogP contribution in [0.4, 0.5) is 5.82 Å². The quantitative estimate of drug-likeness (QED) is 0.351. The first-order valence-corrected chi connectivity index (χ1v) is 9.85. The minimum Gasteiger partial charge on any atom is -0.357 e. The number of halogens is 2. The van der Waals surface area contributed by atoms with Crippen LogP contribution in [0, 0.1) is 6.92 Å². The van der Waals surface area contributed by atoms with Crippen LogP contribution in [0.5, 0.6) is 0 Å². The SMILES string of the molecule is CCNC(=NCCc1ccc(C)nc1)NC1CCN(c2ncccc2Cl)C1.I. The topological polar surface area (TPSA) is 65.4 Å². The summed E-state index contributed by atoms with van der Waals surface area (Å²) in [5, 5.41) is 7.58. The number of aliphatic imine (C=N–C) groups is 1. The van der Waals surface area contributed by atoms with Gasteiger partial charge in [0.25, 0.3) is 0 Å². The highest BCUT2D eigenvalue weighted by molar-refractivity contribution is 14.0. The minimum atomic E-state index is 0. The van der Waals surface area contributed by atoms with Crippen molar-refractivity contribution in [2.45, 2.75) is 32.7 Å². The Morgan fingerprint density at radius 1 is 1.32 bits per heavy atom. The molecule has 2 N–H and O–H groups in total. The summed E-state index contributed by atoms with van der Waals surface area (Å²) in [7, 11) is 0. The summed E-state index contributed by atoms with van der Waals surface area (Å²) in [5.41, 5.74) is 2.24. The van der Waals surface area contributed by atoms with E-state index in [9.17, 15) is 0 Å². The van der Waals surface area contributed by atoms with Gasteiger partial charge in [0.1, 0.15) is 5.82 Å². The van der Waals surface area contributed by atoms with Crippen LogP contribution < -0.4 is 15.5 Å². The fraction of sp³-hybridized carbons (Fsp3) is 0.450. The third-order valence-electron chi connectivity index (χ3n) is 4.55. The molecule has 1 unspecified atom stereocenters. The van der Waals surface area contributed by atoms with E-state index in [4.69, 9.17) is 16.6 Å². The normalized spacial score (nSPS) is 16.6. The third-order valence-corrected chi connectivity index (χ3v) is 4.85. The molecule has 1 fully saturated rings. The molecule has 28 heavy (non-hydrogen) atoms. The second-order valence-corrected chi connectivity index (χ2v) is 7.11. The molecular weight excluding hydrogens is 487 g/mol. The van der Waals surface area contributed by atoms with Gasteiger partial charge in [0.05, 0.1) is 5.02 Å². The highest BCUT2D eigenvalue weighted by Crippen LogP contribution is 2.25. The molecule has 152 valence electrons. The molecule has 8 heteroatoms. The molecule has 1 aliphatic rings. The first kappa shape index (κ1) is 22.7. The first-order valence-electron chi connectivity index (χ1n) is 9.47. The van der Waals surface area contributed by atoms with E-state index >= 15 is 0 Å². The highest BCUT2D eigenvalue weighted by Gasteiger charge is 2.25. The lowest BCUT2D eigenvalue weighted by molar-refractivity contribution is 0.648. The largest absolute Gasteiger partial charge is 0.357 e.